The van der Waals surface area contributed by atoms with Crippen molar-refractivity contribution in [2.24, 2.45) is 10.2 Å². The third kappa shape index (κ3) is 4.85. The lowest BCUT2D eigenvalue weighted by atomic mass is 10.2. The summed E-state index contributed by atoms with van der Waals surface area (Å²) in [6.45, 7) is 1.79. The predicted molar refractivity (Wildman–Crippen MR) is 87.8 cm³/mol. The van der Waals surface area contributed by atoms with Crippen molar-refractivity contribution in [2.75, 3.05) is 0 Å². The van der Waals surface area contributed by atoms with Gasteiger partial charge < -0.3 is 10.4 Å². The second kappa shape index (κ2) is 7.56. The lowest BCUT2D eigenvalue weighted by molar-refractivity contribution is -0.138. The summed E-state index contributed by atoms with van der Waals surface area (Å²) in [5.74, 6) is -1.36. The van der Waals surface area contributed by atoms with Crippen LogP contribution in [0.2, 0.25) is 0 Å². The SMILES string of the molecule is CC(C=Cc1ccccc1)=NN=C1NC(=O)C(CC(=O)O)S1. The molecule has 1 fully saturated rings. The number of nitrogens with one attached hydrogen (secondary N) is 1. The van der Waals surface area contributed by atoms with Gasteiger partial charge in [-0.15, -0.1) is 5.10 Å². The van der Waals surface area contributed by atoms with Gasteiger partial charge in [-0.1, -0.05) is 48.2 Å². The van der Waals surface area contributed by atoms with E-state index in [9.17, 15) is 9.59 Å². The number of amides is 1. The number of carboxylic acid groups (broad SMARTS) is 1. The molecular formula is C15H15N3O3S. The summed E-state index contributed by atoms with van der Waals surface area (Å²) in [4.78, 5) is 22.2. The van der Waals surface area contributed by atoms with E-state index < -0.39 is 11.2 Å². The molecule has 0 spiro atoms. The lowest BCUT2D eigenvalue weighted by Gasteiger charge is -1.97. The molecule has 0 saturated carbocycles. The van der Waals surface area contributed by atoms with E-state index in [4.69, 9.17) is 5.11 Å². The third-order valence-corrected chi connectivity index (χ3v) is 3.82. The number of benzene rings is 1. The fourth-order valence-electron chi connectivity index (χ4n) is 1.68. The summed E-state index contributed by atoms with van der Waals surface area (Å²) < 4.78 is 0. The number of carbonyl (C=O) groups excluding carboxylic acids is 1. The van der Waals surface area contributed by atoms with Gasteiger partial charge in [-0.05, 0) is 18.6 Å². The van der Waals surface area contributed by atoms with Crippen molar-refractivity contribution in [1.29, 1.82) is 0 Å². The first kappa shape index (κ1) is 16.0. The number of amidine groups is 1. The molecule has 1 heterocycles. The molecule has 7 heteroatoms. The quantitative estimate of drug-likeness (QED) is 0.643. The zero-order chi connectivity index (χ0) is 15.9. The van der Waals surface area contributed by atoms with Crippen LogP contribution in [0.1, 0.15) is 18.9 Å². The Morgan fingerprint density at radius 1 is 1.41 bits per heavy atom. The summed E-state index contributed by atoms with van der Waals surface area (Å²) in [6.07, 6.45) is 3.49. The van der Waals surface area contributed by atoms with Gasteiger partial charge in [-0.25, -0.2) is 0 Å². The Balaban J connectivity index is 1.97. The molecule has 22 heavy (non-hydrogen) atoms. The van der Waals surface area contributed by atoms with Gasteiger partial charge in [0, 0.05) is 0 Å². The molecule has 0 bridgehead atoms. The van der Waals surface area contributed by atoms with Crippen LogP contribution < -0.4 is 5.32 Å². The molecule has 2 N–H and O–H groups in total. The standard InChI is InChI=1S/C15H15N3O3S/c1-10(7-8-11-5-3-2-4-6-11)17-18-15-16-14(21)12(22-15)9-13(19)20/h2-8,12H,9H2,1H3,(H,19,20)(H,16,18,21). The van der Waals surface area contributed by atoms with Crippen LogP contribution in [0.5, 0.6) is 0 Å². The number of aliphatic carboxylic acids is 1. The van der Waals surface area contributed by atoms with Crippen molar-refractivity contribution in [1.82, 2.24) is 5.32 Å². The number of carbonyl (C=O) groups is 2. The molecule has 1 saturated heterocycles. The molecule has 1 aliphatic rings. The fourth-order valence-corrected chi connectivity index (χ4v) is 2.59. The zero-order valence-electron chi connectivity index (χ0n) is 11.9. The highest BCUT2D eigenvalue weighted by atomic mass is 32.2. The second-order valence-corrected chi connectivity index (χ2v) is 5.78. The maximum atomic E-state index is 11.5. The van der Waals surface area contributed by atoms with E-state index in [1.165, 1.54) is 0 Å². The van der Waals surface area contributed by atoms with E-state index >= 15 is 0 Å². The smallest absolute Gasteiger partial charge is 0.305 e. The first-order valence-corrected chi connectivity index (χ1v) is 7.47. The lowest BCUT2D eigenvalue weighted by Crippen LogP contribution is -2.26. The Bertz CT molecular complexity index is 653. The van der Waals surface area contributed by atoms with Gasteiger partial charge >= 0.3 is 5.97 Å². The molecule has 0 aliphatic carbocycles. The van der Waals surface area contributed by atoms with Gasteiger partial charge in [0.2, 0.25) is 5.91 Å². The summed E-state index contributed by atoms with van der Waals surface area (Å²) in [7, 11) is 0. The van der Waals surface area contributed by atoms with Crippen molar-refractivity contribution in [3.8, 4) is 0 Å². The highest BCUT2D eigenvalue weighted by molar-refractivity contribution is 8.15. The molecule has 1 atom stereocenters. The van der Waals surface area contributed by atoms with Crippen molar-refractivity contribution in [2.45, 2.75) is 18.6 Å². The van der Waals surface area contributed by atoms with E-state index in [0.717, 1.165) is 17.3 Å². The Morgan fingerprint density at radius 3 is 2.82 bits per heavy atom. The second-order valence-electron chi connectivity index (χ2n) is 4.58. The highest BCUT2D eigenvalue weighted by Gasteiger charge is 2.32. The average Bonchev–Trinajstić information content (AvgIpc) is 2.83. The van der Waals surface area contributed by atoms with Gasteiger partial charge in [-0.3, -0.25) is 9.59 Å². The van der Waals surface area contributed by atoms with Crippen LogP contribution in [0.25, 0.3) is 6.08 Å². The van der Waals surface area contributed by atoms with Gasteiger partial charge in [0.05, 0.1) is 12.1 Å². The van der Waals surface area contributed by atoms with Crippen molar-refractivity contribution >= 4 is 40.6 Å². The van der Waals surface area contributed by atoms with E-state index in [1.54, 1.807) is 6.92 Å². The molecular weight excluding hydrogens is 302 g/mol. The number of rotatable bonds is 5. The maximum absolute atomic E-state index is 11.5. The first-order chi connectivity index (χ1) is 10.5. The van der Waals surface area contributed by atoms with E-state index in [0.29, 0.717) is 10.9 Å². The Morgan fingerprint density at radius 2 is 2.14 bits per heavy atom. The average molecular weight is 317 g/mol. The third-order valence-electron chi connectivity index (χ3n) is 2.75. The topological polar surface area (TPSA) is 91.1 Å². The number of carboxylic acids is 1. The van der Waals surface area contributed by atoms with Crippen molar-refractivity contribution in [3.63, 3.8) is 0 Å². The highest BCUT2D eigenvalue weighted by Crippen LogP contribution is 2.22. The van der Waals surface area contributed by atoms with Gasteiger partial charge in [0.25, 0.3) is 0 Å². The predicted octanol–water partition coefficient (Wildman–Crippen LogP) is 2.14. The summed E-state index contributed by atoms with van der Waals surface area (Å²) in [6, 6.07) is 9.77. The minimum atomic E-state index is -1.01. The summed E-state index contributed by atoms with van der Waals surface area (Å²) >= 11 is 1.08. The zero-order valence-corrected chi connectivity index (χ0v) is 12.7. The van der Waals surface area contributed by atoms with Crippen molar-refractivity contribution < 1.29 is 14.7 Å². The molecule has 2 rings (SSSR count). The number of hydrogen-bond acceptors (Lipinski definition) is 5. The minimum Gasteiger partial charge on any atom is -0.481 e. The molecule has 1 aliphatic heterocycles. The molecule has 114 valence electrons. The van der Waals surface area contributed by atoms with E-state index in [1.807, 2.05) is 42.5 Å². The maximum Gasteiger partial charge on any atom is 0.305 e. The first-order valence-electron chi connectivity index (χ1n) is 6.59. The fraction of sp³-hybridized carbons (Fsp3) is 0.200. The molecule has 0 aromatic heterocycles. The van der Waals surface area contributed by atoms with Crippen LogP contribution in [0.4, 0.5) is 0 Å². The van der Waals surface area contributed by atoms with Crippen LogP contribution >= 0.6 is 11.8 Å². The molecule has 1 aromatic carbocycles. The largest absolute Gasteiger partial charge is 0.481 e. The minimum absolute atomic E-state index is 0.230. The van der Waals surface area contributed by atoms with Crippen LogP contribution in [0, 0.1) is 0 Å². The summed E-state index contributed by atoms with van der Waals surface area (Å²) in [5.41, 5.74) is 1.72. The number of nitrogens with zero attached hydrogens (tertiary/aromatic N) is 2. The molecule has 1 amide bonds. The van der Waals surface area contributed by atoms with E-state index in [2.05, 4.69) is 15.5 Å². The van der Waals surface area contributed by atoms with Crippen LogP contribution in [-0.4, -0.2) is 33.1 Å². The number of hydrogen-bond donors (Lipinski definition) is 2. The molecule has 0 radical (unpaired) electrons. The van der Waals surface area contributed by atoms with Crippen LogP contribution in [0.15, 0.2) is 46.6 Å². The van der Waals surface area contributed by atoms with Crippen molar-refractivity contribution in [3.05, 3.63) is 42.0 Å². The van der Waals surface area contributed by atoms with Gasteiger partial charge in [-0.2, -0.15) is 5.10 Å². The van der Waals surface area contributed by atoms with Crippen LogP contribution in [-0.2, 0) is 9.59 Å². The monoisotopic (exact) mass is 317 g/mol. The normalized spacial score (nSPS) is 20.6. The van der Waals surface area contributed by atoms with Gasteiger partial charge in [0.1, 0.15) is 5.25 Å². The van der Waals surface area contributed by atoms with Crippen LogP contribution in [0.3, 0.4) is 0 Å². The summed E-state index contributed by atoms with van der Waals surface area (Å²) in [5, 5.41) is 18.8. The van der Waals surface area contributed by atoms with Gasteiger partial charge in [0.15, 0.2) is 5.17 Å². The molecule has 1 aromatic rings. The number of thioether (sulfide) groups is 1. The Hall–Kier alpha value is -2.41. The Kier molecular flexibility index (Phi) is 5.48. The Labute approximate surface area is 132 Å². The molecule has 1 unspecified atom stereocenters. The van der Waals surface area contributed by atoms with E-state index in [-0.39, 0.29) is 12.3 Å². The molecule has 6 nitrogen and oxygen atoms in total. The number of allylic oxidation sites excluding steroid dienone is 1.